The Bertz CT molecular complexity index is 689. The SMILES string of the molecule is CCC(=O)C(OC(C)=O)[C@H]1C(C)(C)CCC[C@]1(C)C(=O)CCC1=CCOC1=O. The van der Waals surface area contributed by atoms with Gasteiger partial charge >= 0.3 is 11.9 Å². The van der Waals surface area contributed by atoms with E-state index < -0.39 is 23.4 Å². The first kappa shape index (κ1) is 22.3. The highest BCUT2D eigenvalue weighted by atomic mass is 16.5. The molecule has 0 amide bonds. The molecule has 0 saturated heterocycles. The lowest BCUT2D eigenvalue weighted by Crippen LogP contribution is -2.55. The Morgan fingerprint density at radius 1 is 1.25 bits per heavy atom. The smallest absolute Gasteiger partial charge is 0.334 e. The second-order valence-corrected chi connectivity index (χ2v) is 8.84. The van der Waals surface area contributed by atoms with Crippen molar-refractivity contribution in [2.45, 2.75) is 79.2 Å². The molecule has 156 valence electrons. The van der Waals surface area contributed by atoms with Gasteiger partial charge < -0.3 is 9.47 Å². The van der Waals surface area contributed by atoms with E-state index in [9.17, 15) is 19.2 Å². The van der Waals surface area contributed by atoms with Gasteiger partial charge in [0.15, 0.2) is 11.9 Å². The molecule has 0 aromatic heterocycles. The highest BCUT2D eigenvalue weighted by Crippen LogP contribution is 2.54. The van der Waals surface area contributed by atoms with E-state index in [1.54, 1.807) is 13.0 Å². The molecule has 1 fully saturated rings. The van der Waals surface area contributed by atoms with E-state index in [4.69, 9.17) is 9.47 Å². The summed E-state index contributed by atoms with van der Waals surface area (Å²) in [5, 5.41) is 0. The fourth-order valence-corrected chi connectivity index (χ4v) is 4.97. The third-order valence-electron chi connectivity index (χ3n) is 6.37. The lowest BCUT2D eigenvalue weighted by Gasteiger charge is -2.52. The van der Waals surface area contributed by atoms with E-state index in [1.807, 2.05) is 20.8 Å². The molecule has 1 aliphatic heterocycles. The van der Waals surface area contributed by atoms with Gasteiger partial charge in [-0.1, -0.05) is 34.1 Å². The molecule has 0 bridgehead atoms. The molecule has 2 rings (SSSR count). The summed E-state index contributed by atoms with van der Waals surface area (Å²) in [5.74, 6) is -1.43. The van der Waals surface area contributed by atoms with Crippen molar-refractivity contribution in [3.63, 3.8) is 0 Å². The monoisotopic (exact) mass is 392 g/mol. The summed E-state index contributed by atoms with van der Waals surface area (Å²) in [6.45, 7) is 9.27. The Labute approximate surface area is 167 Å². The van der Waals surface area contributed by atoms with Gasteiger partial charge in [0.2, 0.25) is 0 Å². The molecule has 0 N–H and O–H groups in total. The largest absolute Gasteiger partial charge is 0.458 e. The first-order valence-electron chi connectivity index (χ1n) is 10.1. The minimum absolute atomic E-state index is 0.00642. The molecule has 2 aliphatic rings. The maximum atomic E-state index is 13.4. The van der Waals surface area contributed by atoms with Crippen molar-refractivity contribution < 1.29 is 28.7 Å². The van der Waals surface area contributed by atoms with Gasteiger partial charge in [0.25, 0.3) is 0 Å². The quantitative estimate of drug-likeness (QED) is 0.587. The van der Waals surface area contributed by atoms with Crippen LogP contribution in [0.3, 0.4) is 0 Å². The first-order valence-corrected chi connectivity index (χ1v) is 10.1. The zero-order valence-corrected chi connectivity index (χ0v) is 17.6. The summed E-state index contributed by atoms with van der Waals surface area (Å²) in [4.78, 5) is 49.4. The van der Waals surface area contributed by atoms with Crippen LogP contribution in [0.1, 0.15) is 73.1 Å². The van der Waals surface area contributed by atoms with Crippen LogP contribution in [0.4, 0.5) is 0 Å². The number of esters is 2. The van der Waals surface area contributed by atoms with Crippen molar-refractivity contribution in [3.8, 4) is 0 Å². The normalized spacial score (nSPS) is 27.5. The molecule has 6 heteroatoms. The van der Waals surface area contributed by atoms with Crippen LogP contribution in [0, 0.1) is 16.7 Å². The third kappa shape index (κ3) is 4.53. The number of cyclic esters (lactones) is 1. The predicted molar refractivity (Wildman–Crippen MR) is 103 cm³/mol. The van der Waals surface area contributed by atoms with Crippen LogP contribution in [0.2, 0.25) is 0 Å². The fraction of sp³-hybridized carbons (Fsp3) is 0.727. The number of rotatable bonds is 8. The zero-order valence-electron chi connectivity index (χ0n) is 17.6. The maximum absolute atomic E-state index is 13.4. The van der Waals surface area contributed by atoms with Gasteiger partial charge in [0.05, 0.1) is 0 Å². The van der Waals surface area contributed by atoms with Gasteiger partial charge in [-0.25, -0.2) is 4.79 Å². The lowest BCUT2D eigenvalue weighted by atomic mass is 9.52. The molecule has 28 heavy (non-hydrogen) atoms. The molecule has 1 aliphatic carbocycles. The van der Waals surface area contributed by atoms with Crippen LogP contribution in [-0.2, 0) is 28.7 Å². The van der Waals surface area contributed by atoms with Crippen LogP contribution in [0.15, 0.2) is 11.6 Å². The molecule has 6 nitrogen and oxygen atoms in total. The molecule has 1 unspecified atom stereocenters. The predicted octanol–water partition coefficient (Wildman–Crippen LogP) is 3.56. The molecule has 1 heterocycles. The number of Topliss-reactive ketones (excluding diaryl/α,β-unsaturated/α-hetero) is 2. The molecule has 0 aromatic rings. The maximum Gasteiger partial charge on any atom is 0.334 e. The Hall–Kier alpha value is -1.98. The zero-order chi connectivity index (χ0) is 21.1. The summed E-state index contributed by atoms with van der Waals surface area (Å²) in [5.41, 5.74) is -0.598. The number of ether oxygens (including phenoxy) is 2. The standard InChI is InChI=1S/C22H32O6/c1-6-16(24)18(28-14(2)23)19-21(3,4)11-7-12-22(19,5)17(25)9-8-15-10-13-27-20(15)26/h10,18-19H,6-9,11-13H2,1-5H3/t18?,19-,22+/m0/s1. The minimum Gasteiger partial charge on any atom is -0.458 e. The van der Waals surface area contributed by atoms with Crippen LogP contribution < -0.4 is 0 Å². The Balaban J connectivity index is 2.33. The number of carbonyl (C=O) groups excluding carboxylic acids is 4. The molecule has 0 spiro atoms. The summed E-state index contributed by atoms with van der Waals surface area (Å²) < 4.78 is 10.4. The summed E-state index contributed by atoms with van der Waals surface area (Å²) in [6.07, 6.45) is 3.92. The number of ketones is 2. The first-order chi connectivity index (χ1) is 13.0. The van der Waals surface area contributed by atoms with Gasteiger partial charge in [-0.15, -0.1) is 0 Å². The summed E-state index contributed by atoms with van der Waals surface area (Å²) in [7, 11) is 0. The third-order valence-corrected chi connectivity index (χ3v) is 6.37. The van der Waals surface area contributed by atoms with E-state index >= 15 is 0 Å². The van der Waals surface area contributed by atoms with Crippen LogP contribution in [0.5, 0.6) is 0 Å². The molecule has 0 aromatic carbocycles. The minimum atomic E-state index is -0.928. The summed E-state index contributed by atoms with van der Waals surface area (Å²) in [6, 6.07) is 0. The Kier molecular flexibility index (Phi) is 6.84. The Morgan fingerprint density at radius 2 is 1.93 bits per heavy atom. The number of hydrogen-bond donors (Lipinski definition) is 0. The number of hydrogen-bond acceptors (Lipinski definition) is 6. The highest BCUT2D eigenvalue weighted by Gasteiger charge is 2.56. The van der Waals surface area contributed by atoms with E-state index in [-0.39, 0.29) is 42.4 Å². The second kappa shape index (κ2) is 8.58. The fourth-order valence-electron chi connectivity index (χ4n) is 4.97. The van der Waals surface area contributed by atoms with Crippen LogP contribution in [0.25, 0.3) is 0 Å². The van der Waals surface area contributed by atoms with Crippen molar-refractivity contribution in [3.05, 3.63) is 11.6 Å². The Morgan fingerprint density at radius 3 is 2.46 bits per heavy atom. The molecular formula is C22H32O6. The number of carbonyl (C=O) groups is 4. The van der Waals surface area contributed by atoms with Crippen molar-refractivity contribution >= 4 is 23.5 Å². The van der Waals surface area contributed by atoms with E-state index in [0.717, 1.165) is 12.8 Å². The lowest BCUT2D eigenvalue weighted by molar-refractivity contribution is -0.172. The van der Waals surface area contributed by atoms with Crippen molar-refractivity contribution in [1.29, 1.82) is 0 Å². The van der Waals surface area contributed by atoms with Crippen molar-refractivity contribution in [2.24, 2.45) is 16.7 Å². The molecule has 0 radical (unpaired) electrons. The van der Waals surface area contributed by atoms with Gasteiger partial charge in [-0.3, -0.25) is 14.4 Å². The molecular weight excluding hydrogens is 360 g/mol. The average Bonchev–Trinajstić information content (AvgIpc) is 3.01. The highest BCUT2D eigenvalue weighted by molar-refractivity contribution is 5.93. The van der Waals surface area contributed by atoms with Gasteiger partial charge in [-0.05, 0) is 30.8 Å². The van der Waals surface area contributed by atoms with Gasteiger partial charge in [-0.2, -0.15) is 0 Å². The van der Waals surface area contributed by atoms with Crippen LogP contribution in [-0.4, -0.2) is 36.2 Å². The van der Waals surface area contributed by atoms with Crippen LogP contribution >= 0.6 is 0 Å². The topological polar surface area (TPSA) is 86.7 Å². The van der Waals surface area contributed by atoms with E-state index in [2.05, 4.69) is 0 Å². The van der Waals surface area contributed by atoms with E-state index in [1.165, 1.54) is 6.92 Å². The van der Waals surface area contributed by atoms with Gasteiger partial charge in [0.1, 0.15) is 12.4 Å². The van der Waals surface area contributed by atoms with E-state index in [0.29, 0.717) is 18.4 Å². The second-order valence-electron chi connectivity index (χ2n) is 8.84. The molecule has 1 saturated carbocycles. The van der Waals surface area contributed by atoms with Crippen molar-refractivity contribution in [2.75, 3.05) is 6.61 Å². The molecule has 3 atom stereocenters. The van der Waals surface area contributed by atoms with Crippen molar-refractivity contribution in [1.82, 2.24) is 0 Å². The van der Waals surface area contributed by atoms with Gasteiger partial charge in [0, 0.05) is 36.7 Å². The summed E-state index contributed by atoms with van der Waals surface area (Å²) >= 11 is 0. The average molecular weight is 392 g/mol.